The van der Waals surface area contributed by atoms with E-state index in [0.717, 1.165) is 50.9 Å². The van der Waals surface area contributed by atoms with E-state index in [1.54, 1.807) is 24.4 Å². The van der Waals surface area contributed by atoms with Gasteiger partial charge in [-0.2, -0.15) is 9.97 Å². The Kier molecular flexibility index (Phi) is 7.48. The maximum absolute atomic E-state index is 17.1. The molecule has 4 saturated heterocycles. The van der Waals surface area contributed by atoms with Crippen molar-refractivity contribution in [3.05, 3.63) is 59.6 Å². The van der Waals surface area contributed by atoms with Gasteiger partial charge in [0.2, 0.25) is 0 Å². The number of aromatic nitrogens is 3. The number of benzene rings is 2. The molecule has 2 aromatic heterocycles. The number of nitrogens with zero attached hydrogens (tertiary/aromatic N) is 5. The molecule has 9 rings (SSSR count). The van der Waals surface area contributed by atoms with Crippen LogP contribution in [0.5, 0.6) is 6.01 Å². The van der Waals surface area contributed by atoms with E-state index in [1.807, 2.05) is 0 Å². The fraction of sp³-hybridized carbons (Fsp3) is 0.462. The number of ether oxygens (including phenoxy) is 1. The lowest BCUT2D eigenvalue weighted by molar-refractivity contribution is 0.108. The zero-order chi connectivity index (χ0) is 34.2. The van der Waals surface area contributed by atoms with E-state index >= 15 is 4.39 Å². The number of anilines is 2. The van der Waals surface area contributed by atoms with Gasteiger partial charge < -0.3 is 20.7 Å². The van der Waals surface area contributed by atoms with Crippen molar-refractivity contribution in [2.75, 3.05) is 43.4 Å². The zero-order valence-electron chi connectivity index (χ0n) is 28.0. The third-order valence-corrected chi connectivity index (χ3v) is 12.2. The number of nitrogens with two attached hydrogens (primary N) is 1. The van der Waals surface area contributed by atoms with Crippen LogP contribution in [0.2, 0.25) is 0 Å². The first kappa shape index (κ1) is 31.6. The molecule has 1 aliphatic carbocycles. The minimum absolute atomic E-state index is 0.0123. The van der Waals surface area contributed by atoms with Gasteiger partial charge in [0.1, 0.15) is 29.5 Å². The highest BCUT2D eigenvalue weighted by atomic mass is 19.1. The molecular weight excluding hydrogens is 639 g/mol. The molecule has 5 fully saturated rings. The first-order chi connectivity index (χ1) is 24.3. The highest BCUT2D eigenvalue weighted by molar-refractivity contribution is 6.03. The quantitative estimate of drug-likeness (QED) is 0.173. The van der Waals surface area contributed by atoms with Gasteiger partial charge in [-0.1, -0.05) is 24.8 Å². The summed E-state index contributed by atoms with van der Waals surface area (Å²) in [7, 11) is 0. The molecular formula is C39H40F3N7O. The molecule has 6 heterocycles. The van der Waals surface area contributed by atoms with E-state index in [1.165, 1.54) is 31.7 Å². The van der Waals surface area contributed by atoms with Gasteiger partial charge in [0.25, 0.3) is 0 Å². The molecule has 8 nitrogen and oxygen atoms in total. The standard InChI is InChI=1S/C39H40F3N7O/c1-2-28-31(41)9-8-24-14-26(43)15-29(32(24)28)34-33(42)35-30(18-44-34)36(48-20-27-10-12-39(21-48,47-27)25-6-3-4-7-25)46-37(45-35)50-22-38-11-5-13-49(38)19-23(16-38)17-40/h1,8-9,14-15,17-18,25,27,47H,3-7,10-13,16,19-22,43H2/b23-17+/t27-,38-,39+/m0/s1. The number of halogens is 3. The minimum atomic E-state index is -0.692. The number of piperazine rings is 1. The lowest BCUT2D eigenvalue weighted by Gasteiger charge is -2.45. The monoisotopic (exact) mass is 679 g/mol. The SMILES string of the molecule is C#Cc1c(F)ccc2cc(N)cc(-c3ncc4c(N5C[C@@H]6CC[C@](C7CCCC7)(C5)N6)nc(OC[C@@]56CCCN5C/C(=C/F)C6)nc4c3F)c12. The highest BCUT2D eigenvalue weighted by Gasteiger charge is 2.51. The summed E-state index contributed by atoms with van der Waals surface area (Å²) < 4.78 is 52.2. The first-order valence-electron chi connectivity index (χ1n) is 17.8. The minimum Gasteiger partial charge on any atom is -0.461 e. The molecule has 4 aliphatic heterocycles. The van der Waals surface area contributed by atoms with Crippen molar-refractivity contribution in [3.63, 3.8) is 0 Å². The predicted octanol–water partition coefficient (Wildman–Crippen LogP) is 6.66. The number of fused-ring (bicyclic) bond motifs is 5. The average molecular weight is 680 g/mol. The van der Waals surface area contributed by atoms with Gasteiger partial charge in [-0.25, -0.2) is 13.2 Å². The maximum atomic E-state index is 17.1. The Morgan fingerprint density at radius 1 is 1.12 bits per heavy atom. The summed E-state index contributed by atoms with van der Waals surface area (Å²) >= 11 is 0. The lowest BCUT2D eigenvalue weighted by atomic mass is 9.80. The first-order valence-corrected chi connectivity index (χ1v) is 17.8. The third-order valence-electron chi connectivity index (χ3n) is 12.2. The van der Waals surface area contributed by atoms with Crippen LogP contribution in [0.25, 0.3) is 32.9 Å². The number of hydrogen-bond acceptors (Lipinski definition) is 8. The summed E-state index contributed by atoms with van der Waals surface area (Å²) in [5.74, 6) is 2.33. The normalized spacial score (nSPS) is 27.5. The van der Waals surface area contributed by atoms with Crippen LogP contribution in [0, 0.1) is 29.9 Å². The second kappa shape index (κ2) is 11.8. The van der Waals surface area contributed by atoms with Crippen LogP contribution in [0.15, 0.2) is 42.4 Å². The van der Waals surface area contributed by atoms with Crippen molar-refractivity contribution >= 4 is 33.2 Å². The van der Waals surface area contributed by atoms with Gasteiger partial charge in [-0.15, -0.1) is 6.42 Å². The van der Waals surface area contributed by atoms with E-state index in [2.05, 4.69) is 26.0 Å². The number of pyridine rings is 1. The molecule has 0 spiro atoms. The molecule has 0 radical (unpaired) electrons. The van der Waals surface area contributed by atoms with Gasteiger partial charge in [-0.3, -0.25) is 9.88 Å². The van der Waals surface area contributed by atoms with E-state index < -0.39 is 11.6 Å². The number of rotatable bonds is 6. The third kappa shape index (κ3) is 4.94. The summed E-state index contributed by atoms with van der Waals surface area (Å²) in [6.07, 6.45) is 17.6. The largest absolute Gasteiger partial charge is 0.461 e. The van der Waals surface area contributed by atoms with Gasteiger partial charge in [0, 0.05) is 54.0 Å². The molecule has 2 bridgehead atoms. The molecule has 0 amide bonds. The molecule has 258 valence electrons. The molecule has 3 N–H and O–H groups in total. The average Bonchev–Trinajstić information content (AvgIpc) is 3.92. The van der Waals surface area contributed by atoms with Gasteiger partial charge >= 0.3 is 6.01 Å². The summed E-state index contributed by atoms with van der Waals surface area (Å²) in [4.78, 5) is 18.9. The van der Waals surface area contributed by atoms with E-state index in [4.69, 9.17) is 26.9 Å². The van der Waals surface area contributed by atoms with Crippen molar-refractivity contribution in [2.45, 2.75) is 74.9 Å². The topological polar surface area (TPSA) is 92.4 Å². The summed E-state index contributed by atoms with van der Waals surface area (Å²) in [5, 5.41) is 5.39. The van der Waals surface area contributed by atoms with Crippen LogP contribution in [-0.2, 0) is 0 Å². The molecule has 1 saturated carbocycles. The van der Waals surface area contributed by atoms with Crippen LogP contribution in [-0.4, -0.2) is 69.8 Å². The van der Waals surface area contributed by atoms with Gasteiger partial charge in [-0.05, 0) is 86.6 Å². The highest BCUT2D eigenvalue weighted by Crippen LogP contribution is 2.46. The molecule has 3 atom stereocenters. The fourth-order valence-electron chi connectivity index (χ4n) is 9.96. The van der Waals surface area contributed by atoms with Crippen molar-refractivity contribution in [1.29, 1.82) is 0 Å². The summed E-state index contributed by atoms with van der Waals surface area (Å²) in [5.41, 5.74) is 7.32. The Morgan fingerprint density at radius 3 is 2.80 bits per heavy atom. The van der Waals surface area contributed by atoms with E-state index in [9.17, 15) is 8.78 Å². The summed E-state index contributed by atoms with van der Waals surface area (Å²) in [6.45, 7) is 3.17. The van der Waals surface area contributed by atoms with Crippen LogP contribution in [0.3, 0.4) is 0 Å². The van der Waals surface area contributed by atoms with Crippen LogP contribution >= 0.6 is 0 Å². The van der Waals surface area contributed by atoms with Crippen molar-refractivity contribution in [2.24, 2.45) is 5.92 Å². The zero-order valence-corrected chi connectivity index (χ0v) is 28.0. The summed E-state index contributed by atoms with van der Waals surface area (Å²) in [6, 6.07) is 6.48. The maximum Gasteiger partial charge on any atom is 0.319 e. The second-order valence-corrected chi connectivity index (χ2v) is 15.1. The van der Waals surface area contributed by atoms with Crippen molar-refractivity contribution < 1.29 is 17.9 Å². The van der Waals surface area contributed by atoms with Gasteiger partial charge in [0.05, 0.1) is 22.8 Å². The fourth-order valence-corrected chi connectivity index (χ4v) is 9.96. The van der Waals surface area contributed by atoms with Crippen LogP contribution in [0.1, 0.15) is 63.4 Å². The van der Waals surface area contributed by atoms with Crippen LogP contribution < -0.4 is 20.7 Å². The van der Waals surface area contributed by atoms with Crippen molar-refractivity contribution in [1.82, 2.24) is 25.2 Å². The molecule has 4 aromatic rings. The molecule has 5 aliphatic rings. The predicted molar refractivity (Wildman–Crippen MR) is 188 cm³/mol. The number of nitrogen functional groups attached to an aromatic ring is 1. The Labute approximate surface area is 289 Å². The number of terminal acetylenes is 1. The Morgan fingerprint density at radius 2 is 1.98 bits per heavy atom. The van der Waals surface area contributed by atoms with Crippen molar-refractivity contribution in [3.8, 4) is 29.6 Å². The van der Waals surface area contributed by atoms with Gasteiger partial charge in [0.15, 0.2) is 5.82 Å². The van der Waals surface area contributed by atoms with E-state index in [-0.39, 0.29) is 46.0 Å². The number of hydrogen-bond donors (Lipinski definition) is 2. The van der Waals surface area contributed by atoms with E-state index in [0.29, 0.717) is 58.9 Å². The Bertz CT molecular complexity index is 2110. The molecule has 50 heavy (non-hydrogen) atoms. The molecule has 11 heteroatoms. The molecule has 2 aromatic carbocycles. The smallest absolute Gasteiger partial charge is 0.319 e. The number of nitrogens with one attached hydrogen (secondary N) is 1. The Balaban J connectivity index is 1.18. The lowest BCUT2D eigenvalue weighted by Crippen LogP contribution is -2.62. The second-order valence-electron chi connectivity index (χ2n) is 15.1. The Hall–Kier alpha value is -4.40. The molecule has 0 unspecified atom stereocenters. The van der Waals surface area contributed by atoms with Crippen LogP contribution in [0.4, 0.5) is 24.7 Å².